The summed E-state index contributed by atoms with van der Waals surface area (Å²) in [5.74, 6) is 1.33. The Morgan fingerprint density at radius 3 is 2.85 bits per heavy atom. The molecule has 4 aromatic rings. The van der Waals surface area contributed by atoms with E-state index in [-0.39, 0.29) is 11.5 Å². The van der Waals surface area contributed by atoms with Crippen LogP contribution in [0, 0.1) is 11.3 Å². The van der Waals surface area contributed by atoms with Crippen molar-refractivity contribution >= 4 is 33.8 Å². The fraction of sp³-hybridized carbons (Fsp3) is 0.0500. The molecule has 4 rings (SSSR count). The second-order valence-corrected chi connectivity index (χ2v) is 6.42. The number of benzene rings is 2. The number of hydrogen-bond donors (Lipinski definition) is 0. The first-order chi connectivity index (χ1) is 12.8. The summed E-state index contributed by atoms with van der Waals surface area (Å²) in [5.41, 5.74) is 1.09. The molecular formula is C20H13N3O2S. The van der Waals surface area contributed by atoms with E-state index in [2.05, 4.69) is 16.2 Å². The number of nitrogens with zero attached hydrogens (tertiary/aromatic N) is 3. The van der Waals surface area contributed by atoms with E-state index in [9.17, 15) is 5.26 Å². The molecule has 0 bridgehead atoms. The number of thiophene rings is 1. The second kappa shape index (κ2) is 6.82. The number of rotatable bonds is 4. The highest BCUT2D eigenvalue weighted by Crippen LogP contribution is 2.32. The zero-order valence-corrected chi connectivity index (χ0v) is 14.7. The van der Waals surface area contributed by atoms with Crippen LogP contribution < -0.4 is 4.74 Å². The van der Waals surface area contributed by atoms with Gasteiger partial charge in [-0.3, -0.25) is 0 Å². The fourth-order valence-corrected chi connectivity index (χ4v) is 3.38. The van der Waals surface area contributed by atoms with E-state index in [1.165, 1.54) is 11.3 Å². The van der Waals surface area contributed by atoms with Crippen molar-refractivity contribution in [2.45, 2.75) is 0 Å². The summed E-state index contributed by atoms with van der Waals surface area (Å²) in [5, 5.41) is 17.6. The molecule has 6 heteroatoms. The summed E-state index contributed by atoms with van der Waals surface area (Å²) in [6, 6.07) is 17.8. The summed E-state index contributed by atoms with van der Waals surface area (Å²) >= 11 is 1.51. The molecule has 0 saturated heterocycles. The smallest absolute Gasteiger partial charge is 0.268 e. The summed E-state index contributed by atoms with van der Waals surface area (Å²) in [4.78, 5) is 5.25. The van der Waals surface area contributed by atoms with E-state index in [1.807, 2.05) is 53.9 Å². The Morgan fingerprint density at radius 1 is 1.19 bits per heavy atom. The summed E-state index contributed by atoms with van der Waals surface area (Å²) < 4.78 is 10.8. The molecule has 0 saturated carbocycles. The van der Waals surface area contributed by atoms with Crippen molar-refractivity contribution in [3.8, 4) is 22.5 Å². The van der Waals surface area contributed by atoms with Gasteiger partial charge in [-0.1, -0.05) is 41.6 Å². The molecule has 26 heavy (non-hydrogen) atoms. The number of methoxy groups -OCH3 is 1. The second-order valence-electron chi connectivity index (χ2n) is 5.47. The third-order valence-corrected chi connectivity index (χ3v) is 4.82. The van der Waals surface area contributed by atoms with Gasteiger partial charge in [-0.2, -0.15) is 10.2 Å². The van der Waals surface area contributed by atoms with Gasteiger partial charge >= 0.3 is 0 Å². The quantitative estimate of drug-likeness (QED) is 0.478. The van der Waals surface area contributed by atoms with Gasteiger partial charge in [0.15, 0.2) is 0 Å². The molecule has 0 spiro atoms. The minimum absolute atomic E-state index is 0.186. The molecule has 0 atom stereocenters. The number of fused-ring (bicyclic) bond motifs is 1. The van der Waals surface area contributed by atoms with Crippen molar-refractivity contribution in [2.75, 3.05) is 7.11 Å². The normalized spacial score (nSPS) is 11.5. The number of ether oxygens (including phenoxy) is 1. The lowest BCUT2D eigenvalue weighted by molar-refractivity contribution is 0.409. The molecule has 126 valence electrons. The summed E-state index contributed by atoms with van der Waals surface area (Å²) in [7, 11) is 1.61. The number of nitriles is 1. The van der Waals surface area contributed by atoms with Gasteiger partial charge in [0, 0.05) is 5.56 Å². The Hall–Kier alpha value is -3.43. The maximum atomic E-state index is 9.63. The Labute approximate surface area is 153 Å². The Kier molecular flexibility index (Phi) is 4.22. The topological polar surface area (TPSA) is 71.9 Å². The number of hydrogen-bond acceptors (Lipinski definition) is 6. The van der Waals surface area contributed by atoms with Gasteiger partial charge in [0.2, 0.25) is 5.82 Å². The summed E-state index contributed by atoms with van der Waals surface area (Å²) in [6.45, 7) is 0. The van der Waals surface area contributed by atoms with Gasteiger partial charge in [-0.25, -0.2) is 0 Å². The molecule has 0 amide bonds. The first-order valence-corrected chi connectivity index (χ1v) is 8.73. The van der Waals surface area contributed by atoms with E-state index in [1.54, 1.807) is 13.2 Å². The van der Waals surface area contributed by atoms with Crippen molar-refractivity contribution in [1.82, 2.24) is 10.1 Å². The molecule has 0 fully saturated rings. The summed E-state index contributed by atoms with van der Waals surface area (Å²) in [6.07, 6.45) is 1.73. The first-order valence-electron chi connectivity index (χ1n) is 7.85. The van der Waals surface area contributed by atoms with Crippen molar-refractivity contribution < 1.29 is 9.26 Å². The van der Waals surface area contributed by atoms with Crippen LogP contribution >= 0.6 is 11.3 Å². The molecule has 2 aromatic heterocycles. The number of aromatic nitrogens is 2. The molecule has 2 aromatic carbocycles. The standard InChI is InChI=1S/C20H13N3O2S/c1-24-17-9-8-13-5-2-3-6-15(13)16(17)11-14(12-21)20-22-19(23-25-20)18-7-4-10-26-18/h2-11H,1H3/b14-11+. The van der Waals surface area contributed by atoms with Crippen LogP contribution in [0.1, 0.15) is 11.5 Å². The average Bonchev–Trinajstić information content (AvgIpc) is 3.37. The molecule has 5 nitrogen and oxygen atoms in total. The minimum atomic E-state index is 0.186. The fourth-order valence-electron chi connectivity index (χ4n) is 2.73. The van der Waals surface area contributed by atoms with Gasteiger partial charge < -0.3 is 9.26 Å². The third-order valence-electron chi connectivity index (χ3n) is 3.96. The van der Waals surface area contributed by atoms with Crippen LogP contribution in [0.25, 0.3) is 33.1 Å². The van der Waals surface area contributed by atoms with Crippen molar-refractivity contribution in [3.05, 3.63) is 65.4 Å². The highest BCUT2D eigenvalue weighted by molar-refractivity contribution is 7.13. The molecule has 0 aliphatic heterocycles. The van der Waals surface area contributed by atoms with E-state index in [0.717, 1.165) is 21.2 Å². The Balaban J connectivity index is 1.84. The SMILES string of the molecule is COc1ccc2ccccc2c1/C=C(\C#N)c1nc(-c2cccs2)no1. The minimum Gasteiger partial charge on any atom is -0.496 e. The third kappa shape index (κ3) is 2.85. The lowest BCUT2D eigenvalue weighted by atomic mass is 10.0. The van der Waals surface area contributed by atoms with Crippen LogP contribution in [0.4, 0.5) is 0 Å². The molecule has 0 aliphatic rings. The zero-order chi connectivity index (χ0) is 17.9. The molecule has 0 N–H and O–H groups in total. The molecule has 0 aliphatic carbocycles. The van der Waals surface area contributed by atoms with Crippen molar-refractivity contribution in [1.29, 1.82) is 5.26 Å². The average molecular weight is 359 g/mol. The molecule has 0 radical (unpaired) electrons. The first kappa shape index (κ1) is 16.1. The maximum absolute atomic E-state index is 9.63. The zero-order valence-electron chi connectivity index (χ0n) is 13.8. The van der Waals surface area contributed by atoms with Crippen LogP contribution in [-0.4, -0.2) is 17.3 Å². The highest BCUT2D eigenvalue weighted by Gasteiger charge is 2.15. The van der Waals surface area contributed by atoms with Crippen LogP contribution in [0.5, 0.6) is 5.75 Å². The van der Waals surface area contributed by atoms with Gasteiger partial charge in [0.25, 0.3) is 5.89 Å². The lowest BCUT2D eigenvalue weighted by Crippen LogP contribution is -1.90. The molecule has 0 unspecified atom stereocenters. The Bertz CT molecular complexity index is 1140. The van der Waals surface area contributed by atoms with Crippen LogP contribution in [0.2, 0.25) is 0 Å². The van der Waals surface area contributed by atoms with E-state index < -0.39 is 0 Å². The predicted octanol–water partition coefficient (Wildman–Crippen LogP) is 5.02. The monoisotopic (exact) mass is 359 g/mol. The van der Waals surface area contributed by atoms with E-state index >= 15 is 0 Å². The molecular weight excluding hydrogens is 346 g/mol. The van der Waals surface area contributed by atoms with Gasteiger partial charge in [-0.15, -0.1) is 11.3 Å². The van der Waals surface area contributed by atoms with Crippen LogP contribution in [-0.2, 0) is 0 Å². The van der Waals surface area contributed by atoms with E-state index in [0.29, 0.717) is 11.6 Å². The van der Waals surface area contributed by atoms with Gasteiger partial charge in [0.05, 0.1) is 12.0 Å². The molecule has 2 heterocycles. The lowest BCUT2D eigenvalue weighted by Gasteiger charge is -2.09. The van der Waals surface area contributed by atoms with Crippen molar-refractivity contribution in [3.63, 3.8) is 0 Å². The maximum Gasteiger partial charge on any atom is 0.268 e. The van der Waals surface area contributed by atoms with Gasteiger partial charge in [-0.05, 0) is 34.4 Å². The van der Waals surface area contributed by atoms with E-state index in [4.69, 9.17) is 9.26 Å². The van der Waals surface area contributed by atoms with Crippen LogP contribution in [0.3, 0.4) is 0 Å². The highest BCUT2D eigenvalue weighted by atomic mass is 32.1. The van der Waals surface area contributed by atoms with Crippen LogP contribution in [0.15, 0.2) is 58.4 Å². The number of allylic oxidation sites excluding steroid dienone is 1. The van der Waals surface area contributed by atoms with Crippen molar-refractivity contribution in [2.24, 2.45) is 0 Å². The van der Waals surface area contributed by atoms with Gasteiger partial charge in [0.1, 0.15) is 17.4 Å². The Morgan fingerprint density at radius 2 is 2.08 bits per heavy atom. The largest absolute Gasteiger partial charge is 0.496 e. The predicted molar refractivity (Wildman–Crippen MR) is 102 cm³/mol.